The van der Waals surface area contributed by atoms with Crippen LogP contribution in [-0.4, -0.2) is 37.0 Å². The molecule has 0 aromatic carbocycles. The lowest BCUT2D eigenvalue weighted by Crippen LogP contribution is -2.41. The van der Waals surface area contributed by atoms with Crippen molar-refractivity contribution >= 4 is 11.3 Å². The van der Waals surface area contributed by atoms with Gasteiger partial charge in [-0.25, -0.2) is 0 Å². The van der Waals surface area contributed by atoms with Gasteiger partial charge in [-0.15, -0.1) is 11.3 Å². The molecule has 1 aliphatic rings. The molecule has 2 heterocycles. The Kier molecular flexibility index (Phi) is 3.75. The molecule has 15 heavy (non-hydrogen) atoms. The van der Waals surface area contributed by atoms with Gasteiger partial charge < -0.3 is 15.2 Å². The molecule has 0 aliphatic carbocycles. The Hall–Kier alpha value is -0.420. The van der Waals surface area contributed by atoms with Crippen LogP contribution in [0.3, 0.4) is 0 Å². The van der Waals surface area contributed by atoms with Crippen molar-refractivity contribution in [3.05, 3.63) is 22.4 Å². The van der Waals surface area contributed by atoms with Gasteiger partial charge in [0, 0.05) is 31.0 Å². The van der Waals surface area contributed by atoms with Crippen LogP contribution in [0.5, 0.6) is 0 Å². The van der Waals surface area contributed by atoms with Crippen LogP contribution in [0.25, 0.3) is 0 Å². The van der Waals surface area contributed by atoms with E-state index < -0.39 is 5.60 Å². The van der Waals surface area contributed by atoms with Crippen molar-refractivity contribution in [2.45, 2.75) is 18.4 Å². The molecule has 0 amide bonds. The van der Waals surface area contributed by atoms with Gasteiger partial charge in [0.1, 0.15) is 5.60 Å². The molecule has 1 aromatic rings. The van der Waals surface area contributed by atoms with E-state index in [1.165, 1.54) is 4.88 Å². The summed E-state index contributed by atoms with van der Waals surface area (Å²) in [5.41, 5.74) is -0.630. The number of hydrogen-bond donors (Lipinski definition) is 2. The maximum Gasteiger partial charge on any atom is 0.102 e. The van der Waals surface area contributed by atoms with E-state index in [9.17, 15) is 5.11 Å². The summed E-state index contributed by atoms with van der Waals surface area (Å²) in [6, 6.07) is 4.21. The second kappa shape index (κ2) is 5.07. The highest BCUT2D eigenvalue weighted by molar-refractivity contribution is 7.09. The zero-order valence-electron chi connectivity index (χ0n) is 8.74. The minimum atomic E-state index is -0.630. The summed E-state index contributed by atoms with van der Waals surface area (Å²) in [6.45, 7) is 2.71. The third kappa shape index (κ3) is 3.28. The Labute approximate surface area is 94.1 Å². The van der Waals surface area contributed by atoms with Crippen LogP contribution in [0.4, 0.5) is 0 Å². The first-order chi connectivity index (χ1) is 7.29. The van der Waals surface area contributed by atoms with Gasteiger partial charge in [-0.1, -0.05) is 6.07 Å². The van der Waals surface area contributed by atoms with Crippen LogP contribution in [0.15, 0.2) is 17.5 Å². The summed E-state index contributed by atoms with van der Waals surface area (Å²) in [7, 11) is 0. The number of nitrogens with one attached hydrogen (secondary N) is 1. The largest absolute Gasteiger partial charge is 0.386 e. The van der Waals surface area contributed by atoms with Crippen LogP contribution < -0.4 is 5.32 Å². The molecule has 3 nitrogen and oxygen atoms in total. The molecule has 1 fully saturated rings. The molecular weight excluding hydrogens is 210 g/mol. The highest BCUT2D eigenvalue weighted by atomic mass is 32.1. The predicted octanol–water partition coefficient (Wildman–Crippen LogP) is 1.03. The van der Waals surface area contributed by atoms with E-state index in [4.69, 9.17) is 4.74 Å². The summed E-state index contributed by atoms with van der Waals surface area (Å²) < 4.78 is 5.18. The number of rotatable bonds is 5. The maximum absolute atomic E-state index is 9.96. The number of hydrogen-bond acceptors (Lipinski definition) is 4. The predicted molar refractivity (Wildman–Crippen MR) is 61.3 cm³/mol. The second-order valence-electron chi connectivity index (χ2n) is 4.03. The third-order valence-electron chi connectivity index (χ3n) is 2.66. The standard InChI is InChI=1S/C11H17NO2S/c13-11(4-6-14-9-11)8-12-5-3-10-2-1-7-15-10/h1-2,7,12-13H,3-6,8-9H2. The molecule has 0 saturated carbocycles. The quantitative estimate of drug-likeness (QED) is 0.738. The van der Waals surface area contributed by atoms with Crippen molar-refractivity contribution in [2.75, 3.05) is 26.3 Å². The van der Waals surface area contributed by atoms with E-state index in [-0.39, 0.29) is 0 Å². The Morgan fingerprint density at radius 2 is 2.53 bits per heavy atom. The van der Waals surface area contributed by atoms with Crippen molar-refractivity contribution in [2.24, 2.45) is 0 Å². The van der Waals surface area contributed by atoms with Gasteiger partial charge in [0.05, 0.1) is 6.61 Å². The van der Waals surface area contributed by atoms with Gasteiger partial charge >= 0.3 is 0 Å². The van der Waals surface area contributed by atoms with E-state index >= 15 is 0 Å². The van der Waals surface area contributed by atoms with Crippen LogP contribution >= 0.6 is 11.3 Å². The SMILES string of the molecule is OC1(CNCCc2cccs2)CCOC1. The van der Waals surface area contributed by atoms with Gasteiger partial charge in [0.2, 0.25) is 0 Å². The summed E-state index contributed by atoms with van der Waals surface area (Å²) >= 11 is 1.78. The summed E-state index contributed by atoms with van der Waals surface area (Å²) in [5.74, 6) is 0. The lowest BCUT2D eigenvalue weighted by Gasteiger charge is -2.20. The Bertz CT molecular complexity index is 281. The zero-order chi connectivity index (χ0) is 10.6. The fourth-order valence-corrected chi connectivity index (χ4v) is 2.43. The summed E-state index contributed by atoms with van der Waals surface area (Å²) in [4.78, 5) is 1.39. The van der Waals surface area contributed by atoms with E-state index in [0.717, 1.165) is 19.4 Å². The fraction of sp³-hybridized carbons (Fsp3) is 0.636. The topological polar surface area (TPSA) is 41.5 Å². The van der Waals surface area contributed by atoms with Crippen LogP contribution in [0.2, 0.25) is 0 Å². The van der Waals surface area contributed by atoms with Gasteiger partial charge in [0.25, 0.3) is 0 Å². The first kappa shape index (κ1) is 11.1. The van der Waals surface area contributed by atoms with Crippen molar-refractivity contribution in [1.29, 1.82) is 0 Å². The second-order valence-corrected chi connectivity index (χ2v) is 5.07. The number of aliphatic hydroxyl groups is 1. The minimum absolute atomic E-state index is 0.471. The smallest absolute Gasteiger partial charge is 0.102 e. The van der Waals surface area contributed by atoms with E-state index in [0.29, 0.717) is 19.8 Å². The lowest BCUT2D eigenvalue weighted by molar-refractivity contribution is 0.0273. The Balaban J connectivity index is 1.62. The molecule has 2 rings (SSSR count). The van der Waals surface area contributed by atoms with E-state index in [2.05, 4.69) is 22.8 Å². The van der Waals surface area contributed by atoms with Gasteiger partial charge in [-0.05, 0) is 17.9 Å². The highest BCUT2D eigenvalue weighted by Gasteiger charge is 2.31. The van der Waals surface area contributed by atoms with Gasteiger partial charge in [-0.2, -0.15) is 0 Å². The molecule has 2 N–H and O–H groups in total. The van der Waals surface area contributed by atoms with Crippen LogP contribution in [-0.2, 0) is 11.2 Å². The monoisotopic (exact) mass is 227 g/mol. The minimum Gasteiger partial charge on any atom is -0.386 e. The van der Waals surface area contributed by atoms with Gasteiger partial charge in [0.15, 0.2) is 0 Å². The maximum atomic E-state index is 9.96. The van der Waals surface area contributed by atoms with Crippen molar-refractivity contribution in [3.8, 4) is 0 Å². The average Bonchev–Trinajstić information content (AvgIpc) is 2.84. The fourth-order valence-electron chi connectivity index (χ4n) is 1.72. The van der Waals surface area contributed by atoms with E-state index in [1.54, 1.807) is 11.3 Å². The molecule has 0 radical (unpaired) electrons. The third-order valence-corrected chi connectivity index (χ3v) is 3.60. The van der Waals surface area contributed by atoms with Crippen LogP contribution in [0, 0.1) is 0 Å². The molecule has 4 heteroatoms. The molecule has 0 bridgehead atoms. The van der Waals surface area contributed by atoms with Crippen molar-refractivity contribution in [3.63, 3.8) is 0 Å². The molecule has 1 unspecified atom stereocenters. The highest BCUT2D eigenvalue weighted by Crippen LogP contribution is 2.16. The Morgan fingerprint density at radius 3 is 3.20 bits per heavy atom. The molecule has 1 atom stereocenters. The molecule has 84 valence electrons. The van der Waals surface area contributed by atoms with Crippen molar-refractivity contribution < 1.29 is 9.84 Å². The van der Waals surface area contributed by atoms with Gasteiger partial charge in [-0.3, -0.25) is 0 Å². The molecule has 1 aliphatic heterocycles. The average molecular weight is 227 g/mol. The van der Waals surface area contributed by atoms with E-state index in [1.807, 2.05) is 0 Å². The number of ether oxygens (including phenoxy) is 1. The summed E-state index contributed by atoms with van der Waals surface area (Å²) in [6.07, 6.45) is 1.79. The molecule has 1 saturated heterocycles. The lowest BCUT2D eigenvalue weighted by atomic mass is 10.0. The normalized spacial score (nSPS) is 25.9. The molecular formula is C11H17NO2S. The van der Waals surface area contributed by atoms with Crippen LogP contribution in [0.1, 0.15) is 11.3 Å². The first-order valence-electron chi connectivity index (χ1n) is 5.32. The Morgan fingerprint density at radius 1 is 1.60 bits per heavy atom. The molecule has 0 spiro atoms. The zero-order valence-corrected chi connectivity index (χ0v) is 9.55. The summed E-state index contributed by atoms with van der Waals surface area (Å²) in [5, 5.41) is 15.3. The first-order valence-corrected chi connectivity index (χ1v) is 6.20. The number of thiophene rings is 1. The molecule has 1 aromatic heterocycles. The van der Waals surface area contributed by atoms with Crippen molar-refractivity contribution in [1.82, 2.24) is 5.32 Å².